The zero-order chi connectivity index (χ0) is 18.0. The van der Waals surface area contributed by atoms with Gasteiger partial charge in [0.2, 0.25) is 10.0 Å². The number of carbonyl (C=O) groups is 1. The Morgan fingerprint density at radius 1 is 1.08 bits per heavy atom. The van der Waals surface area contributed by atoms with Gasteiger partial charge in [-0.15, -0.1) is 0 Å². The van der Waals surface area contributed by atoms with E-state index >= 15 is 0 Å². The van der Waals surface area contributed by atoms with Crippen LogP contribution in [0.3, 0.4) is 0 Å². The maximum Gasteiger partial charge on any atom is 0.280 e. The summed E-state index contributed by atoms with van der Waals surface area (Å²) < 4.78 is 22.5. The summed E-state index contributed by atoms with van der Waals surface area (Å²) in [6, 6.07) is 13.8. The van der Waals surface area contributed by atoms with Crippen molar-refractivity contribution in [1.29, 1.82) is 0 Å². The van der Waals surface area contributed by atoms with Crippen LogP contribution >= 0.6 is 0 Å². The molecule has 3 rings (SSSR count). The van der Waals surface area contributed by atoms with Crippen molar-refractivity contribution in [2.45, 2.75) is 17.9 Å². The van der Waals surface area contributed by atoms with Gasteiger partial charge in [-0.05, 0) is 43.3 Å². The molecule has 0 bridgehead atoms. The van der Waals surface area contributed by atoms with E-state index in [1.165, 1.54) is 29.3 Å². The minimum Gasteiger partial charge on any atom is -0.269 e. The predicted octanol–water partition coefficient (Wildman–Crippen LogP) is 2.21. The van der Waals surface area contributed by atoms with Gasteiger partial charge >= 0.3 is 0 Å². The van der Waals surface area contributed by atoms with Crippen molar-refractivity contribution in [3.63, 3.8) is 0 Å². The third-order valence-corrected chi connectivity index (χ3v) is 4.48. The fraction of sp³-hybridized carbons (Fsp3) is 0.125. The number of nitrogens with two attached hydrogens (primary N) is 1. The van der Waals surface area contributed by atoms with Crippen LogP contribution in [0.5, 0.6) is 0 Å². The number of azo groups is 1. The van der Waals surface area contributed by atoms with Crippen LogP contribution in [0, 0.1) is 0 Å². The Bertz CT molecular complexity index is 953. The lowest BCUT2D eigenvalue weighted by Gasteiger charge is -2.11. The van der Waals surface area contributed by atoms with Gasteiger partial charge in [0.25, 0.3) is 5.91 Å². The van der Waals surface area contributed by atoms with Gasteiger partial charge in [-0.2, -0.15) is 20.3 Å². The lowest BCUT2D eigenvalue weighted by molar-refractivity contribution is -0.117. The van der Waals surface area contributed by atoms with Crippen LogP contribution in [0.4, 0.5) is 11.4 Å². The van der Waals surface area contributed by atoms with Gasteiger partial charge in [-0.1, -0.05) is 18.2 Å². The summed E-state index contributed by atoms with van der Waals surface area (Å²) >= 11 is 0. The van der Waals surface area contributed by atoms with E-state index < -0.39 is 16.1 Å². The van der Waals surface area contributed by atoms with E-state index in [2.05, 4.69) is 15.3 Å². The molecule has 0 fully saturated rings. The van der Waals surface area contributed by atoms with E-state index in [0.717, 1.165) is 0 Å². The average molecular weight is 357 g/mol. The Kier molecular flexibility index (Phi) is 4.43. The SMILES string of the molecule is CC1=NN(c2ccccc2)C(=O)C1/N=N/c1ccc(S(N)(=O)=O)cc1. The lowest BCUT2D eigenvalue weighted by Crippen LogP contribution is -2.29. The minimum absolute atomic E-state index is 0.0172. The quantitative estimate of drug-likeness (QED) is 0.845. The smallest absolute Gasteiger partial charge is 0.269 e. The van der Waals surface area contributed by atoms with Gasteiger partial charge in [0.15, 0.2) is 6.04 Å². The first kappa shape index (κ1) is 16.9. The molecular weight excluding hydrogens is 342 g/mol. The molecule has 1 aliphatic rings. The second-order valence-electron chi connectivity index (χ2n) is 5.38. The molecule has 1 atom stereocenters. The molecule has 0 saturated carbocycles. The summed E-state index contributed by atoms with van der Waals surface area (Å²) in [5.74, 6) is -0.298. The molecule has 0 spiro atoms. The highest BCUT2D eigenvalue weighted by atomic mass is 32.2. The first-order valence-electron chi connectivity index (χ1n) is 7.34. The van der Waals surface area contributed by atoms with Crippen molar-refractivity contribution >= 4 is 33.0 Å². The normalized spacial score (nSPS) is 18.0. The number of hydrogen-bond donors (Lipinski definition) is 1. The third-order valence-electron chi connectivity index (χ3n) is 3.55. The van der Waals surface area contributed by atoms with E-state index in [-0.39, 0.29) is 10.8 Å². The molecule has 0 radical (unpaired) electrons. The number of para-hydroxylation sites is 1. The first-order chi connectivity index (χ1) is 11.9. The van der Waals surface area contributed by atoms with E-state index in [0.29, 0.717) is 17.1 Å². The molecule has 1 heterocycles. The largest absolute Gasteiger partial charge is 0.280 e. The monoisotopic (exact) mass is 357 g/mol. The molecular formula is C16H15N5O3S. The second-order valence-corrected chi connectivity index (χ2v) is 6.95. The minimum atomic E-state index is -3.76. The molecule has 9 heteroatoms. The molecule has 25 heavy (non-hydrogen) atoms. The molecule has 2 N–H and O–H groups in total. The first-order valence-corrected chi connectivity index (χ1v) is 8.89. The average Bonchev–Trinajstić information content (AvgIpc) is 2.88. The summed E-state index contributed by atoms with van der Waals surface area (Å²) in [4.78, 5) is 12.5. The molecule has 1 amide bonds. The van der Waals surface area contributed by atoms with Crippen molar-refractivity contribution < 1.29 is 13.2 Å². The van der Waals surface area contributed by atoms with Crippen LogP contribution in [0.25, 0.3) is 0 Å². The molecule has 0 aliphatic carbocycles. The highest BCUT2D eigenvalue weighted by molar-refractivity contribution is 7.89. The zero-order valence-electron chi connectivity index (χ0n) is 13.3. The van der Waals surface area contributed by atoms with Crippen LogP contribution < -0.4 is 10.1 Å². The van der Waals surface area contributed by atoms with Crippen LogP contribution in [-0.4, -0.2) is 26.1 Å². The number of sulfonamides is 1. The van der Waals surface area contributed by atoms with Crippen LogP contribution in [0.15, 0.2) is 74.8 Å². The van der Waals surface area contributed by atoms with Crippen molar-refractivity contribution in [2.24, 2.45) is 20.5 Å². The summed E-state index contributed by atoms with van der Waals surface area (Å²) in [7, 11) is -3.76. The fourth-order valence-electron chi connectivity index (χ4n) is 2.27. The molecule has 1 unspecified atom stereocenters. The Morgan fingerprint density at radius 3 is 2.32 bits per heavy atom. The van der Waals surface area contributed by atoms with Crippen molar-refractivity contribution in [3.8, 4) is 0 Å². The molecule has 0 aromatic heterocycles. The molecule has 0 saturated heterocycles. The number of anilines is 1. The number of hydrazone groups is 1. The van der Waals surface area contributed by atoms with Crippen molar-refractivity contribution in [2.75, 3.05) is 5.01 Å². The molecule has 2 aromatic rings. The van der Waals surface area contributed by atoms with Crippen molar-refractivity contribution in [3.05, 3.63) is 54.6 Å². The highest BCUT2D eigenvalue weighted by Gasteiger charge is 2.34. The topological polar surface area (TPSA) is 118 Å². The van der Waals surface area contributed by atoms with E-state index in [9.17, 15) is 13.2 Å². The third kappa shape index (κ3) is 3.62. The van der Waals surface area contributed by atoms with E-state index in [1.54, 1.807) is 19.1 Å². The Labute approximate surface area is 144 Å². The number of primary sulfonamides is 1. The number of nitrogens with zero attached hydrogens (tertiary/aromatic N) is 4. The van der Waals surface area contributed by atoms with Gasteiger partial charge < -0.3 is 0 Å². The lowest BCUT2D eigenvalue weighted by atomic mass is 10.2. The van der Waals surface area contributed by atoms with Gasteiger partial charge in [0.1, 0.15) is 0 Å². The van der Waals surface area contributed by atoms with Gasteiger partial charge in [0.05, 0.1) is 22.0 Å². The maximum atomic E-state index is 12.5. The van der Waals surface area contributed by atoms with Gasteiger partial charge in [-0.25, -0.2) is 13.6 Å². The van der Waals surface area contributed by atoms with Crippen molar-refractivity contribution in [1.82, 2.24) is 0 Å². The highest BCUT2D eigenvalue weighted by Crippen LogP contribution is 2.23. The standard InChI is InChI=1S/C16H15N5O3S/c1-11-15(16(22)21(20-11)13-5-3-2-4-6-13)19-18-12-7-9-14(10-8-12)25(17,23)24/h2-10,15H,1H3,(H2,17,23,24)/b19-18+. The molecule has 1 aliphatic heterocycles. The molecule has 8 nitrogen and oxygen atoms in total. The van der Waals surface area contributed by atoms with Gasteiger partial charge in [0, 0.05) is 0 Å². The number of carbonyl (C=O) groups excluding carboxylic acids is 1. The van der Waals surface area contributed by atoms with Crippen LogP contribution in [0.1, 0.15) is 6.92 Å². The number of hydrogen-bond acceptors (Lipinski definition) is 6. The summed E-state index contributed by atoms with van der Waals surface area (Å²) in [6.07, 6.45) is 0. The Hall–Kier alpha value is -2.91. The van der Waals surface area contributed by atoms with E-state index in [4.69, 9.17) is 5.14 Å². The van der Waals surface area contributed by atoms with E-state index in [1.807, 2.05) is 18.2 Å². The van der Waals surface area contributed by atoms with Crippen LogP contribution in [0.2, 0.25) is 0 Å². The Morgan fingerprint density at radius 2 is 1.72 bits per heavy atom. The number of rotatable bonds is 4. The van der Waals surface area contributed by atoms with Gasteiger partial charge in [-0.3, -0.25) is 4.79 Å². The number of benzene rings is 2. The predicted molar refractivity (Wildman–Crippen MR) is 93.2 cm³/mol. The molecule has 128 valence electrons. The summed E-state index contributed by atoms with van der Waals surface area (Å²) in [6.45, 7) is 1.70. The zero-order valence-corrected chi connectivity index (χ0v) is 14.1. The molecule has 2 aromatic carbocycles. The second kappa shape index (κ2) is 6.54. The Balaban J connectivity index is 1.78. The number of amides is 1. The maximum absolute atomic E-state index is 12.5. The fourth-order valence-corrected chi connectivity index (χ4v) is 2.79. The van der Waals surface area contributed by atoms with Crippen LogP contribution in [-0.2, 0) is 14.8 Å². The summed E-state index contributed by atoms with van der Waals surface area (Å²) in [5.41, 5.74) is 1.59. The summed E-state index contributed by atoms with van der Waals surface area (Å²) in [5, 5.41) is 18.6.